The van der Waals surface area contributed by atoms with Crippen LogP contribution < -0.4 is 10.6 Å². The number of para-hydroxylation sites is 1. The van der Waals surface area contributed by atoms with Gasteiger partial charge in [0.1, 0.15) is 0 Å². The minimum absolute atomic E-state index is 0. The van der Waals surface area contributed by atoms with Crippen LogP contribution in [0.3, 0.4) is 0 Å². The van der Waals surface area contributed by atoms with Gasteiger partial charge in [-0.15, -0.1) is 23.7 Å². The molecule has 0 saturated carbocycles. The van der Waals surface area contributed by atoms with Crippen molar-refractivity contribution in [2.45, 2.75) is 25.8 Å². The van der Waals surface area contributed by atoms with Crippen LogP contribution in [0, 0.1) is 0 Å². The van der Waals surface area contributed by atoms with E-state index in [1.165, 1.54) is 16.9 Å². The Balaban J connectivity index is 0.00000161. The van der Waals surface area contributed by atoms with Crippen molar-refractivity contribution in [3.8, 4) is 0 Å². The lowest BCUT2D eigenvalue weighted by Crippen LogP contribution is -2.14. The summed E-state index contributed by atoms with van der Waals surface area (Å²) in [5, 5.41) is 6.15. The van der Waals surface area contributed by atoms with E-state index in [0.29, 0.717) is 0 Å². The molecule has 0 fully saturated rings. The van der Waals surface area contributed by atoms with Crippen molar-refractivity contribution >= 4 is 35.3 Å². The Morgan fingerprint density at radius 3 is 2.86 bits per heavy atom. The van der Waals surface area contributed by atoms with E-state index in [0.717, 1.165) is 35.5 Å². The summed E-state index contributed by atoms with van der Waals surface area (Å²) < 4.78 is 0. The van der Waals surface area contributed by atoms with E-state index in [2.05, 4.69) is 16.7 Å². The fourth-order valence-corrected chi connectivity index (χ4v) is 3.76. The third kappa shape index (κ3) is 3.46. The third-order valence-corrected chi connectivity index (χ3v) is 4.84. The zero-order chi connectivity index (χ0) is 13.9. The van der Waals surface area contributed by atoms with Crippen molar-refractivity contribution in [3.05, 3.63) is 51.2 Å². The molecule has 0 unspecified atom stereocenters. The largest absolute Gasteiger partial charge is 0.321 e. The molecule has 1 heterocycles. The highest BCUT2D eigenvalue weighted by Gasteiger charge is 2.18. The second kappa shape index (κ2) is 7.07. The first kappa shape index (κ1) is 16.0. The van der Waals surface area contributed by atoms with Crippen molar-refractivity contribution in [1.82, 2.24) is 5.32 Å². The fourth-order valence-electron chi connectivity index (χ4n) is 2.61. The summed E-state index contributed by atoms with van der Waals surface area (Å²) in [4.78, 5) is 14.6. The van der Waals surface area contributed by atoms with Gasteiger partial charge < -0.3 is 10.6 Å². The average Bonchev–Trinajstić information content (AvgIpc) is 3.02. The molecular formula is C16H19ClN2OS. The molecule has 1 aromatic carbocycles. The topological polar surface area (TPSA) is 41.1 Å². The van der Waals surface area contributed by atoms with Gasteiger partial charge in [-0.2, -0.15) is 0 Å². The molecule has 1 aliphatic carbocycles. The van der Waals surface area contributed by atoms with Gasteiger partial charge in [0, 0.05) is 17.1 Å². The number of hydrogen-bond donors (Lipinski definition) is 2. The van der Waals surface area contributed by atoms with Crippen LogP contribution in [0.1, 0.15) is 32.1 Å². The zero-order valence-corrected chi connectivity index (χ0v) is 13.6. The molecule has 0 bridgehead atoms. The Hall–Kier alpha value is -1.36. The summed E-state index contributed by atoms with van der Waals surface area (Å²) in [5.41, 5.74) is 3.36. The van der Waals surface area contributed by atoms with Crippen LogP contribution in [0.15, 0.2) is 30.3 Å². The van der Waals surface area contributed by atoms with E-state index in [1.807, 2.05) is 31.3 Å². The van der Waals surface area contributed by atoms with Crippen LogP contribution in [0.5, 0.6) is 0 Å². The summed E-state index contributed by atoms with van der Waals surface area (Å²) in [5.74, 6) is 0.00736. The molecule has 0 aliphatic heterocycles. The van der Waals surface area contributed by atoms with Gasteiger partial charge in [-0.05, 0) is 49.6 Å². The van der Waals surface area contributed by atoms with Gasteiger partial charge in [0.15, 0.2) is 0 Å². The number of amides is 1. The predicted octanol–water partition coefficient (Wildman–Crippen LogP) is 3.63. The SMILES string of the molecule is CNCc1ccccc1NC(=O)c1cc2c(s1)CCC2.Cl. The lowest BCUT2D eigenvalue weighted by molar-refractivity contribution is 0.103. The van der Waals surface area contributed by atoms with Gasteiger partial charge in [0.2, 0.25) is 0 Å². The van der Waals surface area contributed by atoms with Crippen LogP contribution in [0.2, 0.25) is 0 Å². The quantitative estimate of drug-likeness (QED) is 0.902. The van der Waals surface area contributed by atoms with Gasteiger partial charge in [0.25, 0.3) is 5.91 Å². The lowest BCUT2D eigenvalue weighted by Gasteiger charge is -2.09. The molecule has 1 aromatic heterocycles. The van der Waals surface area contributed by atoms with Crippen molar-refractivity contribution < 1.29 is 4.79 Å². The van der Waals surface area contributed by atoms with E-state index >= 15 is 0 Å². The number of halogens is 1. The number of rotatable bonds is 4. The summed E-state index contributed by atoms with van der Waals surface area (Å²) in [6.07, 6.45) is 3.48. The van der Waals surface area contributed by atoms with Crippen molar-refractivity contribution in [1.29, 1.82) is 0 Å². The van der Waals surface area contributed by atoms with E-state index in [9.17, 15) is 4.79 Å². The summed E-state index contributed by atoms with van der Waals surface area (Å²) in [6, 6.07) is 9.97. The van der Waals surface area contributed by atoms with Crippen LogP contribution >= 0.6 is 23.7 Å². The summed E-state index contributed by atoms with van der Waals surface area (Å²) >= 11 is 1.64. The Bertz CT molecular complexity index is 617. The minimum atomic E-state index is 0. The number of nitrogens with one attached hydrogen (secondary N) is 2. The van der Waals surface area contributed by atoms with Gasteiger partial charge in [0.05, 0.1) is 4.88 Å². The van der Waals surface area contributed by atoms with Crippen LogP contribution in [0.25, 0.3) is 0 Å². The van der Waals surface area contributed by atoms with Crippen molar-refractivity contribution in [2.75, 3.05) is 12.4 Å². The number of carbonyl (C=O) groups excluding carboxylic acids is 1. The first-order valence-corrected chi connectivity index (χ1v) is 7.75. The van der Waals surface area contributed by atoms with E-state index < -0.39 is 0 Å². The van der Waals surface area contributed by atoms with Crippen molar-refractivity contribution in [2.24, 2.45) is 0 Å². The van der Waals surface area contributed by atoms with Gasteiger partial charge in [-0.25, -0.2) is 0 Å². The summed E-state index contributed by atoms with van der Waals surface area (Å²) in [6.45, 7) is 0.747. The van der Waals surface area contributed by atoms with E-state index in [1.54, 1.807) is 11.3 Å². The number of benzene rings is 1. The highest BCUT2D eigenvalue weighted by molar-refractivity contribution is 7.14. The maximum absolute atomic E-state index is 12.4. The molecule has 1 aliphatic rings. The molecule has 2 N–H and O–H groups in total. The van der Waals surface area contributed by atoms with Gasteiger partial charge >= 0.3 is 0 Å². The molecule has 2 aromatic rings. The Labute approximate surface area is 135 Å². The molecule has 3 rings (SSSR count). The molecule has 21 heavy (non-hydrogen) atoms. The smallest absolute Gasteiger partial charge is 0.265 e. The Morgan fingerprint density at radius 2 is 2.10 bits per heavy atom. The monoisotopic (exact) mass is 322 g/mol. The standard InChI is InChI=1S/C16H18N2OS.ClH/c1-17-10-12-5-2-3-7-13(12)18-16(19)15-9-11-6-4-8-14(11)20-15;/h2-3,5,7,9,17H,4,6,8,10H2,1H3,(H,18,19);1H. The molecule has 3 nitrogen and oxygen atoms in total. The number of carbonyl (C=O) groups is 1. The highest BCUT2D eigenvalue weighted by Crippen LogP contribution is 2.31. The number of thiophene rings is 1. The third-order valence-electron chi connectivity index (χ3n) is 3.60. The Kier molecular flexibility index (Phi) is 5.39. The minimum Gasteiger partial charge on any atom is -0.321 e. The van der Waals surface area contributed by atoms with Gasteiger partial charge in [-0.3, -0.25) is 4.79 Å². The van der Waals surface area contributed by atoms with E-state index in [4.69, 9.17) is 0 Å². The average molecular weight is 323 g/mol. The highest BCUT2D eigenvalue weighted by atomic mass is 35.5. The van der Waals surface area contributed by atoms with Crippen LogP contribution in [0.4, 0.5) is 5.69 Å². The zero-order valence-electron chi connectivity index (χ0n) is 11.9. The van der Waals surface area contributed by atoms with Gasteiger partial charge in [-0.1, -0.05) is 18.2 Å². The second-order valence-electron chi connectivity index (χ2n) is 5.05. The predicted molar refractivity (Wildman–Crippen MR) is 90.8 cm³/mol. The maximum atomic E-state index is 12.4. The number of fused-ring (bicyclic) bond motifs is 1. The Morgan fingerprint density at radius 1 is 1.29 bits per heavy atom. The lowest BCUT2D eigenvalue weighted by atomic mass is 10.1. The number of anilines is 1. The van der Waals surface area contributed by atoms with Crippen LogP contribution in [-0.4, -0.2) is 13.0 Å². The molecule has 112 valence electrons. The van der Waals surface area contributed by atoms with E-state index in [-0.39, 0.29) is 18.3 Å². The van der Waals surface area contributed by atoms with Crippen molar-refractivity contribution in [3.63, 3.8) is 0 Å². The first-order chi connectivity index (χ1) is 9.78. The summed E-state index contributed by atoms with van der Waals surface area (Å²) in [7, 11) is 1.91. The second-order valence-corrected chi connectivity index (χ2v) is 6.19. The first-order valence-electron chi connectivity index (χ1n) is 6.93. The fraction of sp³-hybridized carbons (Fsp3) is 0.312. The molecule has 0 radical (unpaired) electrons. The molecule has 0 atom stereocenters. The molecule has 5 heteroatoms. The number of hydrogen-bond acceptors (Lipinski definition) is 3. The molecular weight excluding hydrogens is 304 g/mol. The number of aryl methyl sites for hydroxylation is 2. The maximum Gasteiger partial charge on any atom is 0.265 e. The molecule has 0 saturated heterocycles. The normalized spacial score (nSPS) is 12.6. The molecule has 1 amide bonds. The van der Waals surface area contributed by atoms with Crippen LogP contribution in [-0.2, 0) is 19.4 Å². The molecule has 0 spiro atoms.